The number of hydrogen-bond acceptors (Lipinski definition) is 6. The van der Waals surface area contributed by atoms with Crippen LogP contribution in [0.5, 0.6) is 11.5 Å². The number of rotatable bonds is 10. The van der Waals surface area contributed by atoms with E-state index in [4.69, 9.17) is 14.2 Å². The Labute approximate surface area is 190 Å². The van der Waals surface area contributed by atoms with Crippen molar-refractivity contribution in [1.29, 1.82) is 0 Å². The molecule has 176 valence electrons. The molecule has 0 atom stereocenters. The molecule has 2 amide bonds. The molecule has 1 aliphatic heterocycles. The van der Waals surface area contributed by atoms with E-state index in [-0.39, 0.29) is 43.4 Å². The monoisotopic (exact) mass is 461 g/mol. The van der Waals surface area contributed by atoms with Crippen molar-refractivity contribution in [2.45, 2.75) is 19.4 Å². The van der Waals surface area contributed by atoms with Gasteiger partial charge in [-0.2, -0.15) is 0 Å². The lowest BCUT2D eigenvalue weighted by molar-refractivity contribution is -0.114. The molecule has 0 bridgehead atoms. The van der Waals surface area contributed by atoms with Gasteiger partial charge >= 0.3 is 6.03 Å². The van der Waals surface area contributed by atoms with Gasteiger partial charge in [-0.15, -0.1) is 0 Å². The fourth-order valence-corrected chi connectivity index (χ4v) is 3.55. The van der Waals surface area contributed by atoms with Crippen molar-refractivity contribution in [1.82, 2.24) is 4.98 Å². The van der Waals surface area contributed by atoms with Crippen molar-refractivity contribution in [2.75, 3.05) is 44.3 Å². The van der Waals surface area contributed by atoms with Crippen LogP contribution in [0.25, 0.3) is 0 Å². The number of carbonyl (C=O) groups is 2. The van der Waals surface area contributed by atoms with Gasteiger partial charge in [0, 0.05) is 37.1 Å². The normalized spacial score (nSPS) is 13.1. The first kappa shape index (κ1) is 24.1. The van der Waals surface area contributed by atoms with Gasteiger partial charge in [0.25, 0.3) is 0 Å². The van der Waals surface area contributed by atoms with E-state index in [1.54, 1.807) is 6.07 Å². The standard InChI is InChI=1S/C23H25F2N3O5/c1-5-16(29)7-6-15-10-17-14(12-26-15)13-28(23(30)27(17)8-9-31-2)22-20(24)18(32-3)11-19(33-4)21(22)25/h5,10-12H,1,6-9,13H2,2-4H3. The molecule has 0 N–H and O–H groups in total. The number of anilines is 2. The molecule has 2 heterocycles. The Morgan fingerprint density at radius 2 is 1.85 bits per heavy atom. The molecule has 3 rings (SSSR count). The number of benzene rings is 1. The molecule has 33 heavy (non-hydrogen) atoms. The molecule has 0 spiro atoms. The van der Waals surface area contributed by atoms with Crippen molar-refractivity contribution < 1.29 is 32.6 Å². The first-order valence-electron chi connectivity index (χ1n) is 10.2. The maximum Gasteiger partial charge on any atom is 0.329 e. The van der Waals surface area contributed by atoms with Crippen LogP contribution in [-0.2, 0) is 22.5 Å². The highest BCUT2D eigenvalue weighted by Crippen LogP contribution is 2.40. The summed E-state index contributed by atoms with van der Waals surface area (Å²) in [4.78, 5) is 31.7. The predicted molar refractivity (Wildman–Crippen MR) is 118 cm³/mol. The molecule has 1 aromatic heterocycles. The van der Waals surface area contributed by atoms with E-state index in [1.165, 1.54) is 38.5 Å². The zero-order valence-electron chi connectivity index (χ0n) is 18.7. The van der Waals surface area contributed by atoms with Gasteiger partial charge in [-0.1, -0.05) is 6.58 Å². The van der Waals surface area contributed by atoms with Crippen LogP contribution in [0.1, 0.15) is 17.7 Å². The van der Waals surface area contributed by atoms with Crippen LogP contribution in [0, 0.1) is 11.6 Å². The number of nitrogens with zero attached hydrogens (tertiary/aromatic N) is 3. The number of urea groups is 1. The smallest absolute Gasteiger partial charge is 0.329 e. The Hall–Kier alpha value is -3.53. The molecule has 0 aliphatic carbocycles. The largest absolute Gasteiger partial charge is 0.493 e. The van der Waals surface area contributed by atoms with Crippen LogP contribution in [0.3, 0.4) is 0 Å². The average molecular weight is 461 g/mol. The molecule has 0 saturated carbocycles. The highest BCUT2D eigenvalue weighted by Gasteiger charge is 2.36. The third-order valence-corrected chi connectivity index (χ3v) is 5.29. The van der Waals surface area contributed by atoms with Crippen molar-refractivity contribution in [3.63, 3.8) is 0 Å². The fraction of sp³-hybridized carbons (Fsp3) is 0.348. The number of ketones is 1. The van der Waals surface area contributed by atoms with E-state index in [1.807, 2.05) is 0 Å². The molecule has 0 radical (unpaired) electrons. The highest BCUT2D eigenvalue weighted by molar-refractivity contribution is 6.06. The Bertz CT molecular complexity index is 1050. The van der Waals surface area contributed by atoms with Gasteiger partial charge in [-0.05, 0) is 18.6 Å². The molecule has 0 fully saturated rings. The summed E-state index contributed by atoms with van der Waals surface area (Å²) in [6.07, 6.45) is 3.38. The van der Waals surface area contributed by atoms with E-state index in [2.05, 4.69) is 11.6 Å². The van der Waals surface area contributed by atoms with Gasteiger partial charge in [0.15, 0.2) is 28.9 Å². The zero-order valence-corrected chi connectivity index (χ0v) is 18.7. The molecule has 10 heteroatoms. The maximum absolute atomic E-state index is 15.1. The number of allylic oxidation sites excluding steroid dienone is 1. The predicted octanol–water partition coefficient (Wildman–Crippen LogP) is 3.66. The van der Waals surface area contributed by atoms with E-state index in [9.17, 15) is 9.59 Å². The number of aromatic nitrogens is 1. The van der Waals surface area contributed by atoms with Gasteiger partial charge in [0.1, 0.15) is 5.69 Å². The van der Waals surface area contributed by atoms with Crippen LogP contribution in [0.15, 0.2) is 31.0 Å². The number of pyridine rings is 1. The summed E-state index contributed by atoms with van der Waals surface area (Å²) in [5, 5.41) is 0. The lowest BCUT2D eigenvalue weighted by Gasteiger charge is -2.37. The summed E-state index contributed by atoms with van der Waals surface area (Å²) in [5.41, 5.74) is 1.14. The minimum Gasteiger partial charge on any atom is -0.493 e. The van der Waals surface area contributed by atoms with Crippen LogP contribution in [-0.4, -0.2) is 51.3 Å². The summed E-state index contributed by atoms with van der Waals surface area (Å²) in [6, 6.07) is 2.14. The molecular formula is C23H25F2N3O5. The molecule has 8 nitrogen and oxygen atoms in total. The SMILES string of the molecule is C=CC(=O)CCc1cc2c(cn1)CN(c1c(F)c(OC)cc(OC)c1F)C(=O)N2CCOC. The van der Waals surface area contributed by atoms with Crippen LogP contribution < -0.4 is 19.3 Å². The quantitative estimate of drug-likeness (QED) is 0.503. The summed E-state index contributed by atoms with van der Waals surface area (Å²) < 4.78 is 45.4. The summed E-state index contributed by atoms with van der Waals surface area (Å²) in [7, 11) is 3.96. The minimum atomic E-state index is -1.02. The molecule has 1 aliphatic rings. The number of hydrogen-bond donors (Lipinski definition) is 0. The minimum absolute atomic E-state index is 0.120. The number of halogens is 2. The van der Waals surface area contributed by atoms with Gasteiger partial charge in [-0.3, -0.25) is 19.6 Å². The van der Waals surface area contributed by atoms with Crippen molar-refractivity contribution >= 4 is 23.2 Å². The van der Waals surface area contributed by atoms with Crippen molar-refractivity contribution in [2.24, 2.45) is 0 Å². The van der Waals surface area contributed by atoms with Crippen LogP contribution >= 0.6 is 0 Å². The second kappa shape index (κ2) is 10.4. The second-order valence-corrected chi connectivity index (χ2v) is 7.25. The number of carbonyl (C=O) groups excluding carboxylic acids is 2. The number of aryl methyl sites for hydroxylation is 1. The first-order chi connectivity index (χ1) is 15.9. The Balaban J connectivity index is 2.07. The number of amides is 2. The Morgan fingerprint density at radius 3 is 2.42 bits per heavy atom. The van der Waals surface area contributed by atoms with E-state index in [0.717, 1.165) is 11.0 Å². The molecule has 2 aromatic rings. The summed E-state index contributed by atoms with van der Waals surface area (Å²) in [6.45, 7) is 3.66. The van der Waals surface area contributed by atoms with Gasteiger partial charge < -0.3 is 14.2 Å². The van der Waals surface area contributed by atoms with E-state index in [0.29, 0.717) is 23.4 Å². The van der Waals surface area contributed by atoms with Crippen LogP contribution in [0.4, 0.5) is 25.0 Å². The molecule has 0 unspecified atom stereocenters. The molecular weight excluding hydrogens is 436 g/mol. The first-order valence-corrected chi connectivity index (χ1v) is 10.2. The third-order valence-electron chi connectivity index (χ3n) is 5.29. The topological polar surface area (TPSA) is 81.2 Å². The lowest BCUT2D eigenvalue weighted by Crippen LogP contribution is -2.49. The number of methoxy groups -OCH3 is 3. The second-order valence-electron chi connectivity index (χ2n) is 7.25. The van der Waals surface area contributed by atoms with Crippen molar-refractivity contribution in [3.8, 4) is 11.5 Å². The van der Waals surface area contributed by atoms with E-state index >= 15 is 8.78 Å². The Kier molecular flexibility index (Phi) is 7.59. The number of ether oxygens (including phenoxy) is 3. The zero-order chi connectivity index (χ0) is 24.1. The highest BCUT2D eigenvalue weighted by atomic mass is 19.1. The van der Waals surface area contributed by atoms with Gasteiger partial charge in [0.2, 0.25) is 0 Å². The van der Waals surface area contributed by atoms with E-state index < -0.39 is 23.4 Å². The summed E-state index contributed by atoms with van der Waals surface area (Å²) in [5.74, 6) is -2.68. The van der Waals surface area contributed by atoms with Gasteiger partial charge in [0.05, 0.1) is 39.6 Å². The van der Waals surface area contributed by atoms with Crippen LogP contribution in [0.2, 0.25) is 0 Å². The maximum atomic E-state index is 15.1. The summed E-state index contributed by atoms with van der Waals surface area (Å²) >= 11 is 0. The Morgan fingerprint density at radius 1 is 1.18 bits per heavy atom. The third kappa shape index (κ3) is 4.80. The molecule has 0 saturated heterocycles. The fourth-order valence-electron chi connectivity index (χ4n) is 3.55. The lowest BCUT2D eigenvalue weighted by atomic mass is 10.1. The number of fused-ring (bicyclic) bond motifs is 1. The van der Waals surface area contributed by atoms with Crippen molar-refractivity contribution in [3.05, 3.63) is 53.9 Å². The average Bonchev–Trinajstić information content (AvgIpc) is 2.82. The van der Waals surface area contributed by atoms with Gasteiger partial charge in [-0.25, -0.2) is 13.6 Å². The molecule has 1 aromatic carbocycles.